The molecule has 0 fully saturated rings. The number of para-hydroxylation sites is 1. The van der Waals surface area contributed by atoms with E-state index < -0.39 is 30.2 Å². The van der Waals surface area contributed by atoms with Gasteiger partial charge in [0.1, 0.15) is 18.1 Å². The molecular weight excluding hydrogens is 466 g/mol. The van der Waals surface area contributed by atoms with Gasteiger partial charge in [-0.25, -0.2) is 9.59 Å². The first-order valence-electron chi connectivity index (χ1n) is 11.0. The van der Waals surface area contributed by atoms with Crippen molar-refractivity contribution in [2.75, 3.05) is 13.2 Å². The Morgan fingerprint density at radius 3 is 2.22 bits per heavy atom. The van der Waals surface area contributed by atoms with Gasteiger partial charge in [0, 0.05) is 17.2 Å². The van der Waals surface area contributed by atoms with Crippen molar-refractivity contribution in [1.29, 1.82) is 0 Å². The van der Waals surface area contributed by atoms with Gasteiger partial charge in [0.25, 0.3) is 5.91 Å². The van der Waals surface area contributed by atoms with Gasteiger partial charge in [0.05, 0.1) is 6.61 Å². The van der Waals surface area contributed by atoms with Crippen LogP contribution in [0, 0.1) is 0 Å². The standard InChI is InChI=1S/C27H25NO8/c29-16-17-34-22-13-7-10-20(18-22)25(36-27(33)28-26(32)19-8-3-1-4-9-19)23(14-15-24(30)31)35-21-11-5-2-6-12-21/h1-15,18,23,25,29H,16-17H2,(H,30,31)(H,28,32,33)/b15-14+/t23-,25-/m1/s1. The third-order valence-corrected chi connectivity index (χ3v) is 4.77. The van der Waals surface area contributed by atoms with E-state index in [0.29, 0.717) is 17.1 Å². The minimum atomic E-state index is -1.22. The highest BCUT2D eigenvalue weighted by Crippen LogP contribution is 2.29. The first kappa shape index (κ1) is 26.0. The molecule has 0 aliphatic heterocycles. The molecule has 2 amide bonds. The number of carboxylic acids is 1. The number of carbonyl (C=O) groups is 3. The van der Waals surface area contributed by atoms with Gasteiger partial charge in [-0.15, -0.1) is 0 Å². The first-order valence-corrected chi connectivity index (χ1v) is 11.0. The number of carbonyl (C=O) groups excluding carboxylic acids is 2. The van der Waals surface area contributed by atoms with Crippen LogP contribution < -0.4 is 14.8 Å². The molecule has 3 aromatic carbocycles. The number of alkyl carbamates (subject to hydrolysis) is 1. The lowest BCUT2D eigenvalue weighted by atomic mass is 10.0. The number of hydrogen-bond acceptors (Lipinski definition) is 7. The molecule has 0 aliphatic carbocycles. The van der Waals surface area contributed by atoms with Crippen molar-refractivity contribution < 1.29 is 38.8 Å². The smallest absolute Gasteiger partial charge is 0.414 e. The van der Waals surface area contributed by atoms with Gasteiger partial charge in [-0.2, -0.15) is 0 Å². The molecule has 186 valence electrons. The van der Waals surface area contributed by atoms with E-state index in [9.17, 15) is 19.5 Å². The summed E-state index contributed by atoms with van der Waals surface area (Å²) >= 11 is 0. The molecule has 3 N–H and O–H groups in total. The Kier molecular flexibility index (Phi) is 9.60. The topological polar surface area (TPSA) is 131 Å². The second-order valence-electron chi connectivity index (χ2n) is 7.38. The monoisotopic (exact) mass is 491 g/mol. The number of benzene rings is 3. The fourth-order valence-electron chi connectivity index (χ4n) is 3.20. The normalized spacial score (nSPS) is 12.4. The largest absolute Gasteiger partial charge is 0.491 e. The molecule has 0 bridgehead atoms. The molecule has 0 radical (unpaired) electrons. The number of nitrogens with one attached hydrogen (secondary N) is 1. The van der Waals surface area contributed by atoms with Crippen LogP contribution in [0.2, 0.25) is 0 Å². The third kappa shape index (κ3) is 8.00. The zero-order valence-electron chi connectivity index (χ0n) is 19.2. The zero-order valence-corrected chi connectivity index (χ0v) is 19.2. The highest BCUT2D eigenvalue weighted by molar-refractivity contribution is 6.02. The van der Waals surface area contributed by atoms with E-state index in [1.54, 1.807) is 84.9 Å². The lowest BCUT2D eigenvalue weighted by Gasteiger charge is -2.26. The van der Waals surface area contributed by atoms with Crippen molar-refractivity contribution in [2.45, 2.75) is 12.2 Å². The van der Waals surface area contributed by atoms with Crippen LogP contribution in [0.25, 0.3) is 0 Å². The molecule has 0 heterocycles. The maximum Gasteiger partial charge on any atom is 0.414 e. The van der Waals surface area contributed by atoms with Gasteiger partial charge in [-0.05, 0) is 42.5 Å². The number of aliphatic hydroxyl groups excluding tert-OH is 1. The van der Waals surface area contributed by atoms with E-state index in [1.165, 1.54) is 6.08 Å². The van der Waals surface area contributed by atoms with Crippen molar-refractivity contribution in [1.82, 2.24) is 5.32 Å². The van der Waals surface area contributed by atoms with Crippen LogP contribution in [0.15, 0.2) is 97.1 Å². The Hall–Kier alpha value is -4.63. The lowest BCUT2D eigenvalue weighted by molar-refractivity contribution is -0.131. The maximum absolute atomic E-state index is 12.7. The summed E-state index contributed by atoms with van der Waals surface area (Å²) in [5.41, 5.74) is 0.664. The minimum Gasteiger partial charge on any atom is -0.491 e. The molecule has 0 spiro atoms. The number of carboxylic acid groups (broad SMARTS) is 1. The molecule has 36 heavy (non-hydrogen) atoms. The van der Waals surface area contributed by atoms with Gasteiger partial charge < -0.3 is 24.4 Å². The van der Waals surface area contributed by atoms with Gasteiger partial charge in [0.15, 0.2) is 12.2 Å². The number of aliphatic hydroxyl groups is 1. The van der Waals surface area contributed by atoms with E-state index in [0.717, 1.165) is 6.08 Å². The van der Waals surface area contributed by atoms with Gasteiger partial charge in [-0.1, -0.05) is 48.5 Å². The van der Waals surface area contributed by atoms with E-state index >= 15 is 0 Å². The minimum absolute atomic E-state index is 0.0455. The summed E-state index contributed by atoms with van der Waals surface area (Å²) in [5, 5.41) is 20.4. The summed E-state index contributed by atoms with van der Waals surface area (Å²) in [6.07, 6.45) is -1.20. The van der Waals surface area contributed by atoms with Crippen molar-refractivity contribution in [3.05, 3.63) is 108 Å². The molecule has 2 atom stereocenters. The van der Waals surface area contributed by atoms with Crippen molar-refractivity contribution in [3.63, 3.8) is 0 Å². The molecule has 0 saturated carbocycles. The van der Waals surface area contributed by atoms with Gasteiger partial charge >= 0.3 is 12.1 Å². The van der Waals surface area contributed by atoms with Gasteiger partial charge in [0.2, 0.25) is 0 Å². The summed E-state index contributed by atoms with van der Waals surface area (Å²) in [4.78, 5) is 36.5. The Morgan fingerprint density at radius 2 is 1.56 bits per heavy atom. The zero-order chi connectivity index (χ0) is 25.8. The van der Waals surface area contributed by atoms with Crippen molar-refractivity contribution >= 4 is 18.0 Å². The Labute approximate surface area is 207 Å². The summed E-state index contributed by atoms with van der Waals surface area (Å²) in [5.74, 6) is -1.10. The molecule has 9 nitrogen and oxygen atoms in total. The summed E-state index contributed by atoms with van der Waals surface area (Å²) in [6.45, 7) is -0.154. The van der Waals surface area contributed by atoms with Gasteiger partial charge in [-0.3, -0.25) is 10.1 Å². The Morgan fingerprint density at radius 1 is 0.889 bits per heavy atom. The van der Waals surface area contributed by atoms with Crippen molar-refractivity contribution in [2.24, 2.45) is 0 Å². The SMILES string of the molecule is O=C(O)/C=C/[C@@H](Oc1ccccc1)[C@H](OC(=O)NC(=O)c1ccccc1)c1cccc(OCCO)c1. The van der Waals surface area contributed by atoms with Crippen LogP contribution in [0.5, 0.6) is 11.5 Å². The molecular formula is C27H25NO8. The van der Waals surface area contributed by atoms with E-state index in [4.69, 9.17) is 19.3 Å². The average molecular weight is 491 g/mol. The maximum atomic E-state index is 12.7. The molecule has 0 saturated heterocycles. The molecule has 0 aliphatic rings. The molecule has 3 rings (SSSR count). The Balaban J connectivity index is 1.92. The Bertz CT molecular complexity index is 1180. The fourth-order valence-corrected chi connectivity index (χ4v) is 3.20. The highest BCUT2D eigenvalue weighted by atomic mass is 16.6. The average Bonchev–Trinajstić information content (AvgIpc) is 2.89. The third-order valence-electron chi connectivity index (χ3n) is 4.77. The number of rotatable bonds is 11. The first-order chi connectivity index (χ1) is 17.5. The second-order valence-corrected chi connectivity index (χ2v) is 7.38. The van der Waals surface area contributed by atoms with E-state index in [2.05, 4.69) is 5.32 Å². The van der Waals surface area contributed by atoms with Crippen LogP contribution >= 0.6 is 0 Å². The van der Waals surface area contributed by atoms with Crippen LogP contribution in [0.1, 0.15) is 22.0 Å². The van der Waals surface area contributed by atoms with E-state index in [-0.39, 0.29) is 18.8 Å². The summed E-state index contributed by atoms with van der Waals surface area (Å²) in [6, 6.07) is 23.2. The van der Waals surface area contributed by atoms with Crippen molar-refractivity contribution in [3.8, 4) is 11.5 Å². The lowest BCUT2D eigenvalue weighted by Crippen LogP contribution is -2.35. The van der Waals surface area contributed by atoms with Crippen LogP contribution in [-0.4, -0.2) is 47.5 Å². The number of hydrogen-bond donors (Lipinski definition) is 3. The summed E-state index contributed by atoms with van der Waals surface area (Å²) in [7, 11) is 0. The van der Waals surface area contributed by atoms with Crippen LogP contribution in [-0.2, 0) is 9.53 Å². The summed E-state index contributed by atoms with van der Waals surface area (Å²) < 4.78 is 17.0. The van der Waals surface area contributed by atoms with Crippen LogP contribution in [0.3, 0.4) is 0 Å². The molecule has 0 aromatic heterocycles. The molecule has 9 heteroatoms. The second kappa shape index (κ2) is 13.3. The number of imide groups is 1. The predicted molar refractivity (Wildman–Crippen MR) is 130 cm³/mol. The molecule has 3 aromatic rings. The highest BCUT2D eigenvalue weighted by Gasteiger charge is 2.29. The molecule has 0 unspecified atom stereocenters. The number of aliphatic carboxylic acids is 1. The fraction of sp³-hybridized carbons (Fsp3) is 0.148. The number of amides is 2. The predicted octanol–water partition coefficient (Wildman–Crippen LogP) is 3.75. The van der Waals surface area contributed by atoms with Crippen LogP contribution in [0.4, 0.5) is 4.79 Å². The number of ether oxygens (including phenoxy) is 3. The van der Waals surface area contributed by atoms with E-state index in [1.807, 2.05) is 0 Å². The quantitative estimate of drug-likeness (QED) is 0.346.